The van der Waals surface area contributed by atoms with E-state index in [1.807, 2.05) is 19.9 Å². The second-order valence-corrected chi connectivity index (χ2v) is 4.27. The van der Waals surface area contributed by atoms with Crippen LogP contribution < -0.4 is 5.32 Å². The smallest absolute Gasteiger partial charge is 0.272 e. The molecule has 0 radical (unpaired) electrons. The van der Waals surface area contributed by atoms with E-state index in [0.29, 0.717) is 25.3 Å². The molecular formula is C12H18N4O2. The molecule has 98 valence electrons. The first kappa shape index (κ1) is 12.6. The van der Waals surface area contributed by atoms with Gasteiger partial charge in [-0.15, -0.1) is 0 Å². The van der Waals surface area contributed by atoms with E-state index in [0.717, 1.165) is 12.1 Å². The fraction of sp³-hybridized carbons (Fsp3) is 0.583. The van der Waals surface area contributed by atoms with E-state index < -0.39 is 0 Å². The average Bonchev–Trinajstić information content (AvgIpc) is 2.81. The minimum absolute atomic E-state index is 0.104. The van der Waals surface area contributed by atoms with Gasteiger partial charge in [-0.05, 0) is 19.4 Å². The second-order valence-electron chi connectivity index (χ2n) is 4.27. The molecular weight excluding hydrogens is 232 g/mol. The molecule has 2 heterocycles. The van der Waals surface area contributed by atoms with E-state index in [1.165, 1.54) is 0 Å². The monoisotopic (exact) mass is 250 g/mol. The summed E-state index contributed by atoms with van der Waals surface area (Å²) in [6, 6.07) is 1.82. The van der Waals surface area contributed by atoms with Crippen molar-refractivity contribution in [1.82, 2.24) is 20.0 Å². The number of nitrogens with one attached hydrogen (secondary N) is 1. The van der Waals surface area contributed by atoms with E-state index in [1.54, 1.807) is 9.58 Å². The van der Waals surface area contributed by atoms with Gasteiger partial charge in [0.05, 0.1) is 12.2 Å². The van der Waals surface area contributed by atoms with Crippen molar-refractivity contribution in [2.75, 3.05) is 19.6 Å². The number of hydrogen-bond acceptors (Lipinski definition) is 3. The van der Waals surface area contributed by atoms with Gasteiger partial charge in [-0.1, -0.05) is 6.92 Å². The van der Waals surface area contributed by atoms with Crippen LogP contribution in [0.1, 0.15) is 30.0 Å². The van der Waals surface area contributed by atoms with Crippen LogP contribution in [0, 0.1) is 0 Å². The van der Waals surface area contributed by atoms with Gasteiger partial charge in [-0.25, -0.2) is 0 Å². The highest BCUT2D eigenvalue weighted by Gasteiger charge is 2.25. The highest BCUT2D eigenvalue weighted by Crippen LogP contribution is 2.10. The van der Waals surface area contributed by atoms with Crippen LogP contribution in [0.2, 0.25) is 0 Å². The van der Waals surface area contributed by atoms with Crippen LogP contribution in [-0.2, 0) is 17.8 Å². The molecule has 18 heavy (non-hydrogen) atoms. The van der Waals surface area contributed by atoms with Crippen molar-refractivity contribution in [2.24, 2.45) is 0 Å². The molecule has 0 saturated carbocycles. The predicted molar refractivity (Wildman–Crippen MR) is 66.2 cm³/mol. The number of aryl methyl sites for hydroxylation is 2. The molecule has 0 aromatic carbocycles. The van der Waals surface area contributed by atoms with Crippen molar-refractivity contribution >= 4 is 11.8 Å². The van der Waals surface area contributed by atoms with Crippen LogP contribution in [0.25, 0.3) is 0 Å². The van der Waals surface area contributed by atoms with E-state index >= 15 is 0 Å². The average molecular weight is 250 g/mol. The van der Waals surface area contributed by atoms with Crippen molar-refractivity contribution < 1.29 is 9.59 Å². The molecule has 0 aliphatic carbocycles. The maximum atomic E-state index is 12.3. The van der Waals surface area contributed by atoms with Crippen LogP contribution in [-0.4, -0.2) is 46.1 Å². The van der Waals surface area contributed by atoms with Gasteiger partial charge in [0.2, 0.25) is 5.91 Å². The minimum Gasteiger partial charge on any atom is -0.353 e. The molecule has 6 nitrogen and oxygen atoms in total. The third kappa shape index (κ3) is 2.37. The number of carbonyl (C=O) groups is 2. The molecule has 1 aromatic rings. The molecule has 2 amide bonds. The largest absolute Gasteiger partial charge is 0.353 e. The molecule has 1 fully saturated rings. The lowest BCUT2D eigenvalue weighted by Gasteiger charge is -2.26. The van der Waals surface area contributed by atoms with Gasteiger partial charge >= 0.3 is 0 Å². The summed E-state index contributed by atoms with van der Waals surface area (Å²) >= 11 is 0. The molecule has 1 aromatic heterocycles. The summed E-state index contributed by atoms with van der Waals surface area (Å²) < 4.78 is 1.70. The third-order valence-corrected chi connectivity index (χ3v) is 3.04. The number of carbonyl (C=O) groups excluding carboxylic acids is 2. The van der Waals surface area contributed by atoms with Gasteiger partial charge in [0.15, 0.2) is 0 Å². The summed E-state index contributed by atoms with van der Waals surface area (Å²) in [7, 11) is 0. The van der Waals surface area contributed by atoms with Gasteiger partial charge in [0, 0.05) is 19.6 Å². The Morgan fingerprint density at radius 1 is 1.50 bits per heavy atom. The summed E-state index contributed by atoms with van der Waals surface area (Å²) in [4.78, 5) is 25.2. The first-order chi connectivity index (χ1) is 8.65. The Labute approximate surface area is 106 Å². The lowest BCUT2D eigenvalue weighted by Crippen LogP contribution is -2.50. The Hall–Kier alpha value is -1.85. The fourth-order valence-electron chi connectivity index (χ4n) is 2.03. The summed E-state index contributed by atoms with van der Waals surface area (Å²) in [6.07, 6.45) is 0.799. The maximum Gasteiger partial charge on any atom is 0.272 e. The van der Waals surface area contributed by atoms with Crippen molar-refractivity contribution in [3.63, 3.8) is 0 Å². The number of aromatic nitrogens is 2. The molecule has 1 N–H and O–H groups in total. The first-order valence-electron chi connectivity index (χ1n) is 6.28. The molecule has 0 atom stereocenters. The van der Waals surface area contributed by atoms with Crippen molar-refractivity contribution in [3.05, 3.63) is 17.5 Å². The van der Waals surface area contributed by atoms with Crippen LogP contribution in [0.3, 0.4) is 0 Å². The molecule has 1 saturated heterocycles. The van der Waals surface area contributed by atoms with E-state index in [2.05, 4.69) is 10.4 Å². The number of rotatable bonds is 3. The Bertz CT molecular complexity index is 467. The van der Waals surface area contributed by atoms with Crippen molar-refractivity contribution in [2.45, 2.75) is 26.8 Å². The Balaban J connectivity index is 2.21. The normalized spacial score (nSPS) is 15.7. The predicted octanol–water partition coefficient (Wildman–Crippen LogP) is 0.0374. The van der Waals surface area contributed by atoms with Crippen LogP contribution in [0.5, 0.6) is 0 Å². The molecule has 6 heteroatoms. The summed E-state index contributed by atoms with van der Waals surface area (Å²) in [5, 5.41) is 7.06. The first-order valence-corrected chi connectivity index (χ1v) is 6.28. The lowest BCUT2D eigenvalue weighted by atomic mass is 10.2. The maximum absolute atomic E-state index is 12.3. The topological polar surface area (TPSA) is 67.2 Å². The molecule has 0 unspecified atom stereocenters. The quantitative estimate of drug-likeness (QED) is 0.823. The second kappa shape index (κ2) is 5.20. The number of hydrogen-bond donors (Lipinski definition) is 1. The Kier molecular flexibility index (Phi) is 3.64. The zero-order valence-corrected chi connectivity index (χ0v) is 10.8. The fourth-order valence-corrected chi connectivity index (χ4v) is 2.03. The summed E-state index contributed by atoms with van der Waals surface area (Å²) in [5.41, 5.74) is 1.48. The molecule has 0 bridgehead atoms. The number of piperazine rings is 1. The highest BCUT2D eigenvalue weighted by atomic mass is 16.2. The summed E-state index contributed by atoms with van der Waals surface area (Å²) in [6.45, 7) is 5.82. The number of nitrogens with zero attached hydrogens (tertiary/aromatic N) is 3. The van der Waals surface area contributed by atoms with Crippen molar-refractivity contribution in [1.29, 1.82) is 0 Å². The molecule has 1 aliphatic rings. The van der Waals surface area contributed by atoms with Crippen LogP contribution in [0.4, 0.5) is 0 Å². The minimum atomic E-state index is -0.112. The molecule has 2 rings (SSSR count). The molecule has 1 aliphatic heterocycles. The van der Waals surface area contributed by atoms with Crippen molar-refractivity contribution in [3.8, 4) is 0 Å². The zero-order chi connectivity index (χ0) is 13.1. The van der Waals surface area contributed by atoms with Gasteiger partial charge in [-0.3, -0.25) is 14.3 Å². The van der Waals surface area contributed by atoms with Gasteiger partial charge in [0.25, 0.3) is 5.91 Å². The third-order valence-electron chi connectivity index (χ3n) is 3.04. The van der Waals surface area contributed by atoms with E-state index in [4.69, 9.17) is 0 Å². The lowest BCUT2D eigenvalue weighted by molar-refractivity contribution is -0.123. The van der Waals surface area contributed by atoms with Gasteiger partial charge in [-0.2, -0.15) is 5.10 Å². The Morgan fingerprint density at radius 3 is 2.89 bits per heavy atom. The molecule has 0 spiro atoms. The van der Waals surface area contributed by atoms with Crippen LogP contribution in [0.15, 0.2) is 6.07 Å². The zero-order valence-electron chi connectivity index (χ0n) is 10.8. The van der Waals surface area contributed by atoms with E-state index in [9.17, 15) is 9.59 Å². The Morgan fingerprint density at radius 2 is 2.28 bits per heavy atom. The highest BCUT2D eigenvalue weighted by molar-refractivity contribution is 5.95. The SMILES string of the molecule is CCc1cc(C(=O)N2CCNC(=O)C2)n(CC)n1. The number of amides is 2. The van der Waals surface area contributed by atoms with Gasteiger partial charge < -0.3 is 10.2 Å². The van der Waals surface area contributed by atoms with E-state index in [-0.39, 0.29) is 18.4 Å². The van der Waals surface area contributed by atoms with Crippen LogP contribution >= 0.6 is 0 Å². The summed E-state index contributed by atoms with van der Waals surface area (Å²) in [5.74, 6) is -0.216. The standard InChI is InChI=1S/C12H18N4O2/c1-3-9-7-10(16(4-2)14-9)12(18)15-6-5-13-11(17)8-15/h7H,3-6,8H2,1-2H3,(H,13,17). The van der Waals surface area contributed by atoms with Gasteiger partial charge in [0.1, 0.15) is 5.69 Å².